The van der Waals surface area contributed by atoms with Crippen LogP contribution in [0.2, 0.25) is 0 Å². The molecule has 224 valence electrons. The van der Waals surface area contributed by atoms with E-state index >= 15 is 0 Å². The summed E-state index contributed by atoms with van der Waals surface area (Å²) in [7, 11) is 0. The number of hydrogen-bond acceptors (Lipinski definition) is 2. The Bertz CT molecular complexity index is 2110. The smallest absolute Gasteiger partial charge is 0.143 e. The van der Waals surface area contributed by atoms with Crippen LogP contribution in [0.1, 0.15) is 37.3 Å². The summed E-state index contributed by atoms with van der Waals surface area (Å²) in [6.07, 6.45) is 17.0. The molecule has 3 atom stereocenters. The second-order valence-electron chi connectivity index (χ2n) is 12.7. The first kappa shape index (κ1) is 28.2. The van der Waals surface area contributed by atoms with Gasteiger partial charge in [-0.15, -0.1) is 0 Å². The van der Waals surface area contributed by atoms with Gasteiger partial charge < -0.3 is 9.32 Å². The van der Waals surface area contributed by atoms with Gasteiger partial charge >= 0.3 is 0 Å². The lowest BCUT2D eigenvalue weighted by atomic mass is 9.82. The SMILES string of the molecule is CC1C=CC(c2cc(C3C=CC=CC3C)cc3c2oc2ccc(-c4ccc(N(c5ccccc5)c5ccccc5)cc4)cc23)=CC1. The van der Waals surface area contributed by atoms with E-state index in [1.807, 2.05) is 0 Å². The average Bonchev–Trinajstić information content (AvgIpc) is 3.48. The number of allylic oxidation sites excluding steroid dienone is 8. The summed E-state index contributed by atoms with van der Waals surface area (Å²) < 4.78 is 6.66. The lowest BCUT2D eigenvalue weighted by molar-refractivity contribution is 0.634. The molecule has 1 heterocycles. The fourth-order valence-electron chi connectivity index (χ4n) is 6.95. The van der Waals surface area contributed by atoms with Crippen molar-refractivity contribution in [3.05, 3.63) is 169 Å². The standard InChI is InChI=1S/C44H37NO/c1-30-17-19-33(20-18-30)40-28-35(39-16-10-9-11-31(39)2)29-42-41-27-34(23-26-43(41)46-44(40)42)32-21-24-38(25-22-32)45(36-12-5-3-6-13-36)37-14-7-4-8-15-37/h3-17,19-31,39H,18H2,1-2H3. The summed E-state index contributed by atoms with van der Waals surface area (Å²) in [6, 6.07) is 41.4. The molecule has 2 aliphatic rings. The molecule has 0 N–H and O–H groups in total. The summed E-state index contributed by atoms with van der Waals surface area (Å²) in [4.78, 5) is 2.30. The van der Waals surface area contributed by atoms with Crippen molar-refractivity contribution in [2.75, 3.05) is 4.90 Å². The summed E-state index contributed by atoms with van der Waals surface area (Å²) in [5, 5.41) is 2.34. The van der Waals surface area contributed by atoms with Gasteiger partial charge in [0.1, 0.15) is 11.2 Å². The Morgan fingerprint density at radius 1 is 0.630 bits per heavy atom. The van der Waals surface area contributed by atoms with Crippen LogP contribution in [0, 0.1) is 11.8 Å². The molecule has 2 aliphatic carbocycles. The van der Waals surface area contributed by atoms with E-state index in [0.29, 0.717) is 17.8 Å². The van der Waals surface area contributed by atoms with Crippen LogP contribution in [0.3, 0.4) is 0 Å². The van der Waals surface area contributed by atoms with Crippen molar-refractivity contribution in [2.45, 2.75) is 26.2 Å². The maximum absolute atomic E-state index is 6.66. The lowest BCUT2D eigenvalue weighted by Crippen LogP contribution is -2.09. The molecule has 6 aromatic rings. The van der Waals surface area contributed by atoms with Crippen LogP contribution < -0.4 is 4.90 Å². The number of benzene rings is 5. The van der Waals surface area contributed by atoms with Crippen molar-refractivity contribution in [2.24, 2.45) is 11.8 Å². The minimum atomic E-state index is 0.332. The highest BCUT2D eigenvalue weighted by atomic mass is 16.3. The van der Waals surface area contributed by atoms with Gasteiger partial charge in [-0.3, -0.25) is 0 Å². The highest BCUT2D eigenvalue weighted by molar-refractivity contribution is 6.10. The van der Waals surface area contributed by atoms with Crippen molar-refractivity contribution in [3.8, 4) is 11.1 Å². The Balaban J connectivity index is 1.22. The van der Waals surface area contributed by atoms with Gasteiger partial charge in [0.25, 0.3) is 0 Å². The summed E-state index contributed by atoms with van der Waals surface area (Å²) in [6.45, 7) is 4.58. The van der Waals surface area contributed by atoms with Crippen molar-refractivity contribution in [1.29, 1.82) is 0 Å². The molecule has 0 saturated carbocycles. The normalized spacial score (nSPS) is 19.1. The van der Waals surface area contributed by atoms with Crippen molar-refractivity contribution >= 4 is 44.6 Å². The fraction of sp³-hybridized carbons (Fsp3) is 0.136. The second-order valence-corrected chi connectivity index (χ2v) is 12.7. The predicted molar refractivity (Wildman–Crippen MR) is 195 cm³/mol. The molecule has 0 bridgehead atoms. The van der Waals surface area contributed by atoms with Crippen molar-refractivity contribution in [1.82, 2.24) is 0 Å². The van der Waals surface area contributed by atoms with Crippen LogP contribution in [0.5, 0.6) is 0 Å². The minimum absolute atomic E-state index is 0.332. The van der Waals surface area contributed by atoms with Gasteiger partial charge in [-0.05, 0) is 101 Å². The Hall–Kier alpha value is -5.34. The first-order chi connectivity index (χ1) is 22.6. The zero-order valence-electron chi connectivity index (χ0n) is 26.3. The van der Waals surface area contributed by atoms with Crippen LogP contribution in [0.4, 0.5) is 17.1 Å². The predicted octanol–water partition coefficient (Wildman–Crippen LogP) is 12.5. The Morgan fingerprint density at radius 2 is 1.30 bits per heavy atom. The molecule has 2 heteroatoms. The topological polar surface area (TPSA) is 16.4 Å². The van der Waals surface area contributed by atoms with E-state index in [-0.39, 0.29) is 0 Å². The lowest BCUT2D eigenvalue weighted by Gasteiger charge is -2.25. The number of nitrogens with zero attached hydrogens (tertiary/aromatic N) is 1. The third kappa shape index (κ3) is 5.20. The number of para-hydroxylation sites is 2. The van der Waals surface area contributed by atoms with Crippen LogP contribution in [-0.2, 0) is 0 Å². The van der Waals surface area contributed by atoms with Gasteiger partial charge in [-0.2, -0.15) is 0 Å². The molecule has 0 amide bonds. The maximum atomic E-state index is 6.66. The summed E-state index contributed by atoms with van der Waals surface area (Å²) in [5.74, 6) is 1.33. The van der Waals surface area contributed by atoms with Crippen molar-refractivity contribution < 1.29 is 4.42 Å². The van der Waals surface area contributed by atoms with E-state index in [9.17, 15) is 0 Å². The van der Waals surface area contributed by atoms with E-state index in [4.69, 9.17) is 4.42 Å². The maximum Gasteiger partial charge on any atom is 0.143 e. The first-order valence-corrected chi connectivity index (χ1v) is 16.4. The Kier molecular flexibility index (Phi) is 7.27. The third-order valence-electron chi connectivity index (χ3n) is 9.50. The van der Waals surface area contributed by atoms with Crippen LogP contribution >= 0.6 is 0 Å². The van der Waals surface area contributed by atoms with Gasteiger partial charge in [-0.1, -0.05) is 111 Å². The van der Waals surface area contributed by atoms with E-state index < -0.39 is 0 Å². The molecular formula is C44H37NO. The van der Waals surface area contributed by atoms with E-state index in [2.05, 4.69) is 177 Å². The first-order valence-electron chi connectivity index (χ1n) is 16.4. The van der Waals surface area contributed by atoms with Gasteiger partial charge in [0.05, 0.1) is 0 Å². The van der Waals surface area contributed by atoms with Gasteiger partial charge in [0.15, 0.2) is 0 Å². The zero-order chi connectivity index (χ0) is 31.0. The van der Waals surface area contributed by atoms with Gasteiger partial charge in [0, 0.05) is 39.3 Å². The molecular weight excluding hydrogens is 558 g/mol. The van der Waals surface area contributed by atoms with Gasteiger partial charge in [0.2, 0.25) is 0 Å². The van der Waals surface area contributed by atoms with Crippen LogP contribution in [0.25, 0.3) is 38.6 Å². The fourth-order valence-corrected chi connectivity index (χ4v) is 6.95. The third-order valence-corrected chi connectivity index (χ3v) is 9.50. The molecule has 46 heavy (non-hydrogen) atoms. The molecule has 1 aromatic heterocycles. The zero-order valence-corrected chi connectivity index (χ0v) is 26.3. The molecule has 0 aliphatic heterocycles. The molecule has 3 unspecified atom stereocenters. The molecule has 0 saturated heterocycles. The molecule has 0 spiro atoms. The van der Waals surface area contributed by atoms with Crippen LogP contribution in [-0.4, -0.2) is 0 Å². The largest absolute Gasteiger partial charge is 0.455 e. The summed E-state index contributed by atoms with van der Waals surface area (Å²) in [5.41, 5.74) is 11.4. The molecule has 5 aromatic carbocycles. The van der Waals surface area contributed by atoms with Gasteiger partial charge in [-0.25, -0.2) is 0 Å². The Labute approximate surface area is 271 Å². The Morgan fingerprint density at radius 3 is 1.98 bits per heavy atom. The molecule has 2 nitrogen and oxygen atoms in total. The van der Waals surface area contributed by atoms with E-state index in [0.717, 1.165) is 40.0 Å². The number of anilines is 3. The quantitative estimate of drug-likeness (QED) is 0.190. The monoisotopic (exact) mass is 595 g/mol. The molecule has 0 radical (unpaired) electrons. The highest BCUT2D eigenvalue weighted by Gasteiger charge is 2.22. The molecule has 0 fully saturated rings. The van der Waals surface area contributed by atoms with E-state index in [1.54, 1.807) is 0 Å². The number of furan rings is 1. The highest BCUT2D eigenvalue weighted by Crippen LogP contribution is 2.42. The summed E-state index contributed by atoms with van der Waals surface area (Å²) >= 11 is 0. The second kappa shape index (κ2) is 11.9. The van der Waals surface area contributed by atoms with E-state index in [1.165, 1.54) is 33.2 Å². The minimum Gasteiger partial charge on any atom is -0.455 e. The number of fused-ring (bicyclic) bond motifs is 3. The van der Waals surface area contributed by atoms with Crippen molar-refractivity contribution in [3.63, 3.8) is 0 Å². The number of hydrogen-bond donors (Lipinski definition) is 0. The average molecular weight is 596 g/mol. The number of rotatable bonds is 6. The molecule has 8 rings (SSSR count). The van der Waals surface area contributed by atoms with Crippen LogP contribution in [0.15, 0.2) is 162 Å².